The Balaban J connectivity index is 1.80. The average Bonchev–Trinajstić information content (AvgIpc) is 2.96. The van der Waals surface area contributed by atoms with Crippen LogP contribution in [0.25, 0.3) is 0 Å². The molecular formula is C17H27N3. The van der Waals surface area contributed by atoms with E-state index in [0.29, 0.717) is 6.04 Å². The minimum atomic E-state index is 0.600. The van der Waals surface area contributed by atoms with Gasteiger partial charge in [0.15, 0.2) is 0 Å². The van der Waals surface area contributed by atoms with E-state index in [1.165, 1.54) is 68.8 Å². The highest BCUT2D eigenvalue weighted by molar-refractivity contribution is 5.43. The Kier molecular flexibility index (Phi) is 4.25. The zero-order chi connectivity index (χ0) is 13.9. The van der Waals surface area contributed by atoms with E-state index in [4.69, 9.17) is 4.98 Å². The van der Waals surface area contributed by atoms with Gasteiger partial charge < -0.3 is 4.90 Å². The third-order valence-electron chi connectivity index (χ3n) is 4.92. The number of pyridine rings is 1. The molecule has 2 aliphatic rings. The van der Waals surface area contributed by atoms with Gasteiger partial charge in [0.1, 0.15) is 5.82 Å². The maximum atomic E-state index is 4.91. The number of hydrogen-bond acceptors (Lipinski definition) is 3. The van der Waals surface area contributed by atoms with Gasteiger partial charge >= 0.3 is 0 Å². The lowest BCUT2D eigenvalue weighted by molar-refractivity contribution is 0.270. The molecule has 0 aromatic carbocycles. The summed E-state index contributed by atoms with van der Waals surface area (Å²) >= 11 is 0. The van der Waals surface area contributed by atoms with Gasteiger partial charge in [-0.15, -0.1) is 0 Å². The van der Waals surface area contributed by atoms with Crippen LogP contribution in [-0.2, 0) is 0 Å². The van der Waals surface area contributed by atoms with Gasteiger partial charge in [-0.1, -0.05) is 13.0 Å². The number of anilines is 1. The van der Waals surface area contributed by atoms with Crippen LogP contribution >= 0.6 is 0 Å². The van der Waals surface area contributed by atoms with Gasteiger partial charge in [-0.3, -0.25) is 4.90 Å². The van der Waals surface area contributed by atoms with Crippen molar-refractivity contribution in [3.63, 3.8) is 0 Å². The molecule has 1 aromatic heterocycles. The Morgan fingerprint density at radius 1 is 1.10 bits per heavy atom. The fourth-order valence-electron chi connectivity index (χ4n) is 3.77. The molecule has 0 unspecified atom stereocenters. The second-order valence-electron chi connectivity index (χ2n) is 6.18. The quantitative estimate of drug-likeness (QED) is 0.839. The second-order valence-corrected chi connectivity index (χ2v) is 6.18. The van der Waals surface area contributed by atoms with E-state index in [-0.39, 0.29) is 0 Å². The number of aromatic nitrogens is 1. The fourth-order valence-corrected chi connectivity index (χ4v) is 3.77. The van der Waals surface area contributed by atoms with Gasteiger partial charge in [0.05, 0.1) is 0 Å². The molecular weight excluding hydrogens is 246 g/mol. The number of piperidine rings is 1. The maximum Gasteiger partial charge on any atom is 0.128 e. The minimum absolute atomic E-state index is 0.600. The number of nitrogens with zero attached hydrogens (tertiary/aromatic N) is 3. The van der Waals surface area contributed by atoms with Crippen molar-refractivity contribution < 1.29 is 0 Å². The highest BCUT2D eigenvalue weighted by atomic mass is 15.2. The van der Waals surface area contributed by atoms with Crippen molar-refractivity contribution >= 4 is 5.82 Å². The van der Waals surface area contributed by atoms with Gasteiger partial charge in [-0.2, -0.15) is 0 Å². The molecule has 3 heterocycles. The zero-order valence-corrected chi connectivity index (χ0v) is 12.9. The van der Waals surface area contributed by atoms with E-state index < -0.39 is 0 Å². The summed E-state index contributed by atoms with van der Waals surface area (Å²) in [6.45, 7) is 9.21. The predicted octanol–water partition coefficient (Wildman–Crippen LogP) is 3.54. The Bertz CT molecular complexity index is 452. The summed E-state index contributed by atoms with van der Waals surface area (Å²) < 4.78 is 0. The van der Waals surface area contributed by atoms with Crippen molar-refractivity contribution in [3.05, 3.63) is 23.4 Å². The molecule has 0 radical (unpaired) electrons. The van der Waals surface area contributed by atoms with Crippen molar-refractivity contribution in [2.75, 3.05) is 31.1 Å². The monoisotopic (exact) mass is 273 g/mol. The van der Waals surface area contributed by atoms with Crippen LogP contribution in [0.2, 0.25) is 0 Å². The molecule has 2 saturated heterocycles. The SMILES string of the molecule is CCN1CCC[C@@H]1c1ccc(N2CCCCC2)nc1C. The largest absolute Gasteiger partial charge is 0.357 e. The van der Waals surface area contributed by atoms with Crippen LogP contribution in [0.15, 0.2) is 12.1 Å². The van der Waals surface area contributed by atoms with E-state index in [9.17, 15) is 0 Å². The summed E-state index contributed by atoms with van der Waals surface area (Å²) in [7, 11) is 0. The third-order valence-corrected chi connectivity index (χ3v) is 4.92. The number of aryl methyl sites for hydroxylation is 1. The highest BCUT2D eigenvalue weighted by Crippen LogP contribution is 2.33. The molecule has 2 fully saturated rings. The minimum Gasteiger partial charge on any atom is -0.357 e. The van der Waals surface area contributed by atoms with E-state index in [2.05, 4.69) is 35.8 Å². The van der Waals surface area contributed by atoms with Crippen molar-refractivity contribution in [2.24, 2.45) is 0 Å². The first kappa shape index (κ1) is 13.9. The second kappa shape index (κ2) is 6.13. The van der Waals surface area contributed by atoms with Gasteiger partial charge in [0, 0.05) is 24.8 Å². The van der Waals surface area contributed by atoms with Crippen LogP contribution in [0.1, 0.15) is 56.3 Å². The molecule has 3 heteroatoms. The van der Waals surface area contributed by atoms with Crippen molar-refractivity contribution in [2.45, 2.75) is 52.0 Å². The number of hydrogen-bond donors (Lipinski definition) is 0. The van der Waals surface area contributed by atoms with E-state index >= 15 is 0 Å². The highest BCUT2D eigenvalue weighted by Gasteiger charge is 2.26. The van der Waals surface area contributed by atoms with Crippen LogP contribution in [-0.4, -0.2) is 36.1 Å². The summed E-state index contributed by atoms with van der Waals surface area (Å²) in [4.78, 5) is 9.95. The van der Waals surface area contributed by atoms with Gasteiger partial charge in [-0.05, 0) is 63.7 Å². The first-order valence-corrected chi connectivity index (χ1v) is 8.26. The third kappa shape index (κ3) is 2.69. The van der Waals surface area contributed by atoms with Crippen LogP contribution in [0.4, 0.5) is 5.82 Å². The molecule has 1 aromatic rings. The lowest BCUT2D eigenvalue weighted by Gasteiger charge is -2.29. The molecule has 0 amide bonds. The summed E-state index contributed by atoms with van der Waals surface area (Å²) in [6.07, 6.45) is 6.62. The normalized spacial score (nSPS) is 24.3. The standard InChI is InChI=1S/C17H27N3/c1-3-19-13-7-8-16(19)15-9-10-17(18-14(15)2)20-11-5-4-6-12-20/h9-10,16H,3-8,11-13H2,1-2H3/t16-/m1/s1. The molecule has 3 nitrogen and oxygen atoms in total. The predicted molar refractivity (Wildman–Crippen MR) is 84.3 cm³/mol. The van der Waals surface area contributed by atoms with E-state index in [1.54, 1.807) is 0 Å². The summed E-state index contributed by atoms with van der Waals surface area (Å²) in [6, 6.07) is 5.19. The molecule has 110 valence electrons. The Morgan fingerprint density at radius 3 is 2.60 bits per heavy atom. The van der Waals surface area contributed by atoms with Crippen LogP contribution < -0.4 is 4.90 Å². The van der Waals surface area contributed by atoms with E-state index in [1.807, 2.05) is 0 Å². The van der Waals surface area contributed by atoms with Crippen LogP contribution in [0, 0.1) is 6.92 Å². The lowest BCUT2D eigenvalue weighted by atomic mass is 10.0. The molecule has 20 heavy (non-hydrogen) atoms. The molecule has 3 rings (SSSR count). The molecule has 0 bridgehead atoms. The molecule has 0 aliphatic carbocycles. The smallest absolute Gasteiger partial charge is 0.128 e. The first-order chi connectivity index (χ1) is 9.79. The lowest BCUT2D eigenvalue weighted by Crippen LogP contribution is -2.30. The number of likely N-dealkylation sites (tertiary alicyclic amines) is 1. The Labute approximate surface area is 123 Å². The number of rotatable bonds is 3. The van der Waals surface area contributed by atoms with Gasteiger partial charge in [-0.25, -0.2) is 4.98 Å². The van der Waals surface area contributed by atoms with Crippen molar-refractivity contribution in [1.29, 1.82) is 0 Å². The Hall–Kier alpha value is -1.09. The topological polar surface area (TPSA) is 19.4 Å². The van der Waals surface area contributed by atoms with Crippen molar-refractivity contribution in [1.82, 2.24) is 9.88 Å². The van der Waals surface area contributed by atoms with Crippen LogP contribution in [0.5, 0.6) is 0 Å². The van der Waals surface area contributed by atoms with Crippen LogP contribution in [0.3, 0.4) is 0 Å². The molecule has 1 atom stereocenters. The summed E-state index contributed by atoms with van der Waals surface area (Å²) in [5.74, 6) is 1.19. The first-order valence-electron chi connectivity index (χ1n) is 8.26. The fraction of sp³-hybridized carbons (Fsp3) is 0.706. The molecule has 0 saturated carbocycles. The molecule has 2 aliphatic heterocycles. The van der Waals surface area contributed by atoms with E-state index in [0.717, 1.165) is 6.54 Å². The zero-order valence-electron chi connectivity index (χ0n) is 12.9. The Morgan fingerprint density at radius 2 is 1.90 bits per heavy atom. The molecule has 0 N–H and O–H groups in total. The van der Waals surface area contributed by atoms with Gasteiger partial charge in [0.25, 0.3) is 0 Å². The summed E-state index contributed by atoms with van der Waals surface area (Å²) in [5, 5.41) is 0. The maximum absolute atomic E-state index is 4.91. The van der Waals surface area contributed by atoms with Crippen molar-refractivity contribution in [3.8, 4) is 0 Å². The average molecular weight is 273 g/mol. The summed E-state index contributed by atoms with van der Waals surface area (Å²) in [5.41, 5.74) is 2.68. The molecule has 0 spiro atoms. The van der Waals surface area contributed by atoms with Gasteiger partial charge in [0.2, 0.25) is 0 Å².